The number of rotatable bonds is 5. The van der Waals surface area contributed by atoms with Gasteiger partial charge in [-0.3, -0.25) is 4.79 Å². The molecule has 0 saturated heterocycles. The Balaban J connectivity index is 2.29. The molecule has 0 unspecified atom stereocenters. The SMILES string of the molecule is N#CCC(=O)CCOc1ccc(Br)cc1. The Labute approximate surface area is 96.8 Å². The molecule has 0 radical (unpaired) electrons. The summed E-state index contributed by atoms with van der Waals surface area (Å²) in [5.41, 5.74) is 0. The van der Waals surface area contributed by atoms with Gasteiger partial charge in [-0.2, -0.15) is 5.26 Å². The molecule has 1 aromatic carbocycles. The van der Waals surface area contributed by atoms with Crippen molar-refractivity contribution in [2.45, 2.75) is 12.8 Å². The van der Waals surface area contributed by atoms with Crippen LogP contribution in [0.15, 0.2) is 28.7 Å². The molecule has 0 aliphatic rings. The molecule has 1 aromatic rings. The molecule has 0 saturated carbocycles. The Morgan fingerprint density at radius 1 is 1.40 bits per heavy atom. The van der Waals surface area contributed by atoms with Gasteiger partial charge >= 0.3 is 0 Å². The lowest BCUT2D eigenvalue weighted by atomic mass is 10.2. The quantitative estimate of drug-likeness (QED) is 0.824. The van der Waals surface area contributed by atoms with E-state index in [0.717, 1.165) is 10.2 Å². The summed E-state index contributed by atoms with van der Waals surface area (Å²) < 4.78 is 6.31. The molecular weight excluding hydrogens is 258 g/mol. The van der Waals surface area contributed by atoms with Gasteiger partial charge < -0.3 is 4.74 Å². The van der Waals surface area contributed by atoms with Crippen LogP contribution in [0, 0.1) is 11.3 Å². The van der Waals surface area contributed by atoms with Crippen LogP contribution in [0.3, 0.4) is 0 Å². The molecule has 15 heavy (non-hydrogen) atoms. The minimum absolute atomic E-state index is 0.0380. The molecule has 0 amide bonds. The van der Waals surface area contributed by atoms with E-state index in [4.69, 9.17) is 10.00 Å². The number of halogens is 1. The highest BCUT2D eigenvalue weighted by atomic mass is 79.9. The Morgan fingerprint density at radius 2 is 2.07 bits per heavy atom. The van der Waals surface area contributed by atoms with Crippen molar-refractivity contribution in [1.29, 1.82) is 5.26 Å². The van der Waals surface area contributed by atoms with Gasteiger partial charge in [0, 0.05) is 10.9 Å². The third kappa shape index (κ3) is 4.61. The molecule has 0 N–H and O–H groups in total. The van der Waals surface area contributed by atoms with E-state index in [1.165, 1.54) is 0 Å². The van der Waals surface area contributed by atoms with Gasteiger partial charge in [0.1, 0.15) is 11.5 Å². The third-order valence-electron chi connectivity index (χ3n) is 1.74. The molecule has 0 spiro atoms. The average molecular weight is 268 g/mol. The first-order chi connectivity index (χ1) is 7.22. The fourth-order valence-corrected chi connectivity index (χ4v) is 1.25. The van der Waals surface area contributed by atoms with Gasteiger partial charge in [-0.1, -0.05) is 15.9 Å². The summed E-state index contributed by atoms with van der Waals surface area (Å²) in [6.07, 6.45) is 0.243. The Kier molecular flexibility index (Phi) is 4.85. The summed E-state index contributed by atoms with van der Waals surface area (Å²) in [5.74, 6) is 0.637. The highest BCUT2D eigenvalue weighted by Gasteiger charge is 2.01. The van der Waals surface area contributed by atoms with E-state index < -0.39 is 0 Å². The first-order valence-corrected chi connectivity index (χ1v) is 5.28. The van der Waals surface area contributed by atoms with Crippen molar-refractivity contribution in [3.05, 3.63) is 28.7 Å². The van der Waals surface area contributed by atoms with Gasteiger partial charge in [-0.15, -0.1) is 0 Å². The molecule has 1 rings (SSSR count). The van der Waals surface area contributed by atoms with E-state index in [1.807, 2.05) is 30.3 Å². The topological polar surface area (TPSA) is 50.1 Å². The number of carbonyl (C=O) groups is 1. The van der Waals surface area contributed by atoms with Crippen molar-refractivity contribution in [3.63, 3.8) is 0 Å². The van der Waals surface area contributed by atoms with Crippen LogP contribution in [0.2, 0.25) is 0 Å². The minimum Gasteiger partial charge on any atom is -0.493 e. The predicted octanol–water partition coefficient (Wildman–Crippen LogP) is 2.70. The first-order valence-electron chi connectivity index (χ1n) is 4.49. The van der Waals surface area contributed by atoms with Crippen LogP contribution in [0.1, 0.15) is 12.8 Å². The van der Waals surface area contributed by atoms with Crippen molar-refractivity contribution >= 4 is 21.7 Å². The number of nitriles is 1. The van der Waals surface area contributed by atoms with Crippen LogP contribution < -0.4 is 4.74 Å². The highest BCUT2D eigenvalue weighted by Crippen LogP contribution is 2.16. The van der Waals surface area contributed by atoms with Crippen LogP contribution in [0.5, 0.6) is 5.75 Å². The zero-order valence-corrected chi connectivity index (χ0v) is 9.66. The van der Waals surface area contributed by atoms with E-state index in [1.54, 1.807) is 0 Å². The maximum absolute atomic E-state index is 11.0. The van der Waals surface area contributed by atoms with Crippen molar-refractivity contribution in [3.8, 4) is 11.8 Å². The summed E-state index contributed by atoms with van der Waals surface area (Å²) in [7, 11) is 0. The number of carbonyl (C=O) groups excluding carboxylic acids is 1. The number of benzene rings is 1. The van der Waals surface area contributed by atoms with E-state index in [9.17, 15) is 4.79 Å². The monoisotopic (exact) mass is 267 g/mol. The standard InChI is InChI=1S/C11H10BrNO2/c12-9-1-3-11(4-2-9)15-8-6-10(14)5-7-13/h1-4H,5-6,8H2. The third-order valence-corrected chi connectivity index (χ3v) is 2.27. The summed E-state index contributed by atoms with van der Waals surface area (Å²) in [5, 5.41) is 8.27. The molecule has 0 aliphatic carbocycles. The van der Waals surface area contributed by atoms with E-state index in [2.05, 4.69) is 15.9 Å². The molecule has 0 aromatic heterocycles. The lowest BCUT2D eigenvalue weighted by Gasteiger charge is -2.04. The van der Waals surface area contributed by atoms with E-state index in [0.29, 0.717) is 6.61 Å². The van der Waals surface area contributed by atoms with E-state index >= 15 is 0 Å². The predicted molar refractivity (Wildman–Crippen MR) is 59.5 cm³/mol. The van der Waals surface area contributed by atoms with Crippen LogP contribution in [-0.2, 0) is 4.79 Å². The molecule has 4 heteroatoms. The van der Waals surface area contributed by atoms with Gasteiger partial charge in [0.25, 0.3) is 0 Å². The van der Waals surface area contributed by atoms with Crippen molar-refractivity contribution in [1.82, 2.24) is 0 Å². The largest absolute Gasteiger partial charge is 0.493 e. The number of Topliss-reactive ketones (excluding diaryl/α,β-unsaturated/α-hetero) is 1. The number of ether oxygens (including phenoxy) is 1. The maximum atomic E-state index is 11.0. The zero-order valence-electron chi connectivity index (χ0n) is 8.07. The van der Waals surface area contributed by atoms with Gasteiger partial charge in [0.05, 0.1) is 19.1 Å². The molecular formula is C11H10BrNO2. The maximum Gasteiger partial charge on any atom is 0.150 e. The van der Waals surface area contributed by atoms with Gasteiger partial charge in [0.15, 0.2) is 0 Å². The Hall–Kier alpha value is -1.34. The van der Waals surface area contributed by atoms with Crippen LogP contribution in [0.4, 0.5) is 0 Å². The minimum atomic E-state index is -0.0883. The normalized spacial score (nSPS) is 9.33. The molecule has 0 bridgehead atoms. The molecule has 0 fully saturated rings. The number of nitrogens with zero attached hydrogens (tertiary/aromatic N) is 1. The molecule has 0 aliphatic heterocycles. The fourth-order valence-electron chi connectivity index (χ4n) is 0.990. The number of hydrogen-bond acceptors (Lipinski definition) is 3. The van der Waals surface area contributed by atoms with Crippen LogP contribution >= 0.6 is 15.9 Å². The van der Waals surface area contributed by atoms with Crippen molar-refractivity contribution in [2.75, 3.05) is 6.61 Å². The molecule has 78 valence electrons. The summed E-state index contributed by atoms with van der Waals surface area (Å²) in [4.78, 5) is 11.0. The second-order valence-corrected chi connectivity index (χ2v) is 3.84. The number of ketones is 1. The summed E-state index contributed by atoms with van der Waals surface area (Å²) in [6, 6.07) is 9.18. The molecule has 0 heterocycles. The number of hydrogen-bond donors (Lipinski definition) is 0. The molecule has 3 nitrogen and oxygen atoms in total. The van der Waals surface area contributed by atoms with Crippen LogP contribution in [-0.4, -0.2) is 12.4 Å². The van der Waals surface area contributed by atoms with Crippen LogP contribution in [0.25, 0.3) is 0 Å². The lowest BCUT2D eigenvalue weighted by molar-refractivity contribution is -0.118. The van der Waals surface area contributed by atoms with Crippen molar-refractivity contribution < 1.29 is 9.53 Å². The Morgan fingerprint density at radius 3 is 2.67 bits per heavy atom. The fraction of sp³-hybridized carbons (Fsp3) is 0.273. The van der Waals surface area contributed by atoms with Gasteiger partial charge in [-0.25, -0.2) is 0 Å². The average Bonchev–Trinajstić information content (AvgIpc) is 2.21. The molecule has 0 atom stereocenters. The van der Waals surface area contributed by atoms with Crippen molar-refractivity contribution in [2.24, 2.45) is 0 Å². The smallest absolute Gasteiger partial charge is 0.150 e. The van der Waals surface area contributed by atoms with E-state index in [-0.39, 0.29) is 18.6 Å². The Bertz CT molecular complexity index is 367. The first kappa shape index (κ1) is 11.7. The lowest BCUT2D eigenvalue weighted by Crippen LogP contribution is -2.05. The zero-order chi connectivity index (χ0) is 11.1. The highest BCUT2D eigenvalue weighted by molar-refractivity contribution is 9.10. The summed E-state index contributed by atoms with van der Waals surface area (Å²) in [6.45, 7) is 0.322. The second-order valence-electron chi connectivity index (χ2n) is 2.93. The summed E-state index contributed by atoms with van der Waals surface area (Å²) >= 11 is 3.31. The van der Waals surface area contributed by atoms with Gasteiger partial charge in [-0.05, 0) is 24.3 Å². The second kappa shape index (κ2) is 6.20. The van der Waals surface area contributed by atoms with Gasteiger partial charge in [0.2, 0.25) is 0 Å².